The Morgan fingerprint density at radius 2 is 2.07 bits per heavy atom. The van der Waals surface area contributed by atoms with Crippen molar-refractivity contribution in [2.45, 2.75) is 6.10 Å². The summed E-state index contributed by atoms with van der Waals surface area (Å²) >= 11 is 0. The first kappa shape index (κ1) is 13.4. The number of ether oxygens (including phenoxy) is 2. The standard InChI is InChI=1S/C6H13O7P/c1-5(7)13-6(3-11-2)4-12-14(8,9)10/h6-7H,1,3-4H2,2H3,(H2,8,9,10)/t6-/m1/s1. The summed E-state index contributed by atoms with van der Waals surface area (Å²) in [5.74, 6) is -0.568. The molecule has 3 N–H and O–H groups in total. The molecule has 0 radical (unpaired) electrons. The Morgan fingerprint density at radius 3 is 2.43 bits per heavy atom. The smallest absolute Gasteiger partial charge is 0.469 e. The first-order chi connectivity index (χ1) is 6.35. The van der Waals surface area contributed by atoms with Gasteiger partial charge in [0.1, 0.15) is 6.10 Å². The summed E-state index contributed by atoms with van der Waals surface area (Å²) in [5.41, 5.74) is 0. The van der Waals surface area contributed by atoms with Gasteiger partial charge in [0.05, 0.1) is 13.2 Å². The molecular weight excluding hydrogens is 215 g/mol. The van der Waals surface area contributed by atoms with E-state index < -0.39 is 26.5 Å². The van der Waals surface area contributed by atoms with Crippen LogP contribution in [0.25, 0.3) is 0 Å². The van der Waals surface area contributed by atoms with Crippen molar-refractivity contribution in [2.75, 3.05) is 20.3 Å². The van der Waals surface area contributed by atoms with Crippen molar-refractivity contribution in [3.8, 4) is 0 Å². The molecule has 0 unspecified atom stereocenters. The maximum Gasteiger partial charge on any atom is 0.469 e. The van der Waals surface area contributed by atoms with Gasteiger partial charge in [0, 0.05) is 7.11 Å². The van der Waals surface area contributed by atoms with E-state index in [0.29, 0.717) is 0 Å². The quantitative estimate of drug-likeness (QED) is 0.421. The van der Waals surface area contributed by atoms with E-state index in [1.807, 2.05) is 0 Å². The number of aliphatic hydroxyl groups excluding tert-OH is 1. The van der Waals surface area contributed by atoms with Gasteiger partial charge in [-0.2, -0.15) is 0 Å². The highest BCUT2D eigenvalue weighted by molar-refractivity contribution is 7.46. The fraction of sp³-hybridized carbons (Fsp3) is 0.667. The zero-order valence-electron chi connectivity index (χ0n) is 7.62. The Balaban J connectivity index is 3.96. The maximum atomic E-state index is 10.3. The van der Waals surface area contributed by atoms with Crippen LogP contribution in [-0.2, 0) is 18.6 Å². The number of hydrogen-bond acceptors (Lipinski definition) is 5. The number of aliphatic hydroxyl groups is 1. The zero-order valence-corrected chi connectivity index (χ0v) is 8.51. The number of phosphoric acid groups is 1. The number of hydrogen-bond donors (Lipinski definition) is 3. The van der Waals surface area contributed by atoms with Crippen LogP contribution < -0.4 is 0 Å². The zero-order chi connectivity index (χ0) is 11.2. The summed E-state index contributed by atoms with van der Waals surface area (Å²) < 4.78 is 23.8. The van der Waals surface area contributed by atoms with Gasteiger partial charge in [-0.25, -0.2) is 4.57 Å². The van der Waals surface area contributed by atoms with Crippen LogP contribution in [0.5, 0.6) is 0 Å². The van der Waals surface area contributed by atoms with Crippen molar-refractivity contribution in [3.05, 3.63) is 12.5 Å². The Kier molecular flexibility index (Phi) is 5.75. The second-order valence-corrected chi connectivity index (χ2v) is 3.61. The molecule has 0 saturated heterocycles. The van der Waals surface area contributed by atoms with Gasteiger partial charge in [0.15, 0.2) is 0 Å². The summed E-state index contributed by atoms with van der Waals surface area (Å²) in [6.07, 6.45) is -0.815. The van der Waals surface area contributed by atoms with E-state index in [-0.39, 0.29) is 6.61 Å². The highest BCUT2D eigenvalue weighted by atomic mass is 31.2. The molecule has 0 aromatic heterocycles. The summed E-state index contributed by atoms with van der Waals surface area (Å²) in [5, 5.41) is 8.66. The van der Waals surface area contributed by atoms with Gasteiger partial charge in [0.25, 0.3) is 5.95 Å². The molecule has 0 aliphatic carbocycles. The Morgan fingerprint density at radius 1 is 1.50 bits per heavy atom. The van der Waals surface area contributed by atoms with Crippen LogP contribution in [0.15, 0.2) is 12.5 Å². The van der Waals surface area contributed by atoms with E-state index in [4.69, 9.17) is 14.9 Å². The van der Waals surface area contributed by atoms with Crippen LogP contribution >= 0.6 is 7.82 Å². The van der Waals surface area contributed by atoms with E-state index in [1.165, 1.54) is 7.11 Å². The minimum atomic E-state index is -4.53. The van der Waals surface area contributed by atoms with Crippen molar-refractivity contribution in [2.24, 2.45) is 0 Å². The second-order valence-electron chi connectivity index (χ2n) is 2.38. The highest BCUT2D eigenvalue weighted by Crippen LogP contribution is 2.35. The molecule has 0 aromatic carbocycles. The van der Waals surface area contributed by atoms with Gasteiger partial charge in [0.2, 0.25) is 0 Å². The maximum absolute atomic E-state index is 10.3. The number of methoxy groups -OCH3 is 1. The van der Waals surface area contributed by atoms with E-state index in [0.717, 1.165) is 0 Å². The average Bonchev–Trinajstić information content (AvgIpc) is 1.98. The first-order valence-electron chi connectivity index (χ1n) is 3.58. The van der Waals surface area contributed by atoms with Crippen LogP contribution in [-0.4, -0.2) is 41.3 Å². The minimum absolute atomic E-state index is 0.0135. The molecule has 0 amide bonds. The molecule has 0 bridgehead atoms. The number of rotatable bonds is 7. The van der Waals surface area contributed by atoms with Gasteiger partial charge in [-0.15, -0.1) is 0 Å². The number of phosphoric ester groups is 1. The predicted octanol–water partition coefficient (Wildman–Crippen LogP) is 0.156. The van der Waals surface area contributed by atoms with Gasteiger partial charge >= 0.3 is 7.82 Å². The fourth-order valence-corrected chi connectivity index (χ4v) is 1.04. The predicted molar refractivity (Wildman–Crippen MR) is 46.5 cm³/mol. The first-order valence-corrected chi connectivity index (χ1v) is 5.11. The highest BCUT2D eigenvalue weighted by Gasteiger charge is 2.19. The lowest BCUT2D eigenvalue weighted by molar-refractivity contribution is -0.0354. The van der Waals surface area contributed by atoms with Gasteiger partial charge in [-0.05, 0) is 6.58 Å². The molecule has 0 spiro atoms. The minimum Gasteiger partial charge on any atom is -0.481 e. The normalized spacial score (nSPS) is 13.6. The van der Waals surface area contributed by atoms with Gasteiger partial charge < -0.3 is 24.4 Å². The molecule has 1 atom stereocenters. The van der Waals surface area contributed by atoms with Crippen LogP contribution in [0.4, 0.5) is 0 Å². The van der Waals surface area contributed by atoms with Crippen LogP contribution in [0.1, 0.15) is 0 Å². The van der Waals surface area contributed by atoms with Gasteiger partial charge in [-0.1, -0.05) is 0 Å². The molecular formula is C6H13O7P. The summed E-state index contributed by atoms with van der Waals surface area (Å²) in [6.45, 7) is 2.66. The van der Waals surface area contributed by atoms with Crippen molar-refractivity contribution in [3.63, 3.8) is 0 Å². The lowest BCUT2D eigenvalue weighted by Crippen LogP contribution is -2.24. The van der Waals surface area contributed by atoms with Crippen LogP contribution in [0.2, 0.25) is 0 Å². The monoisotopic (exact) mass is 228 g/mol. The summed E-state index contributed by atoms with van der Waals surface area (Å²) in [7, 11) is -3.16. The van der Waals surface area contributed by atoms with Crippen LogP contribution in [0, 0.1) is 0 Å². The van der Waals surface area contributed by atoms with E-state index in [2.05, 4.69) is 20.6 Å². The third kappa shape index (κ3) is 8.03. The van der Waals surface area contributed by atoms with Gasteiger partial charge in [-0.3, -0.25) is 4.52 Å². The molecule has 7 nitrogen and oxygen atoms in total. The third-order valence-corrected chi connectivity index (χ3v) is 1.57. The van der Waals surface area contributed by atoms with Crippen molar-refractivity contribution in [1.29, 1.82) is 0 Å². The summed E-state index contributed by atoms with van der Waals surface area (Å²) in [6, 6.07) is 0. The van der Waals surface area contributed by atoms with Crippen molar-refractivity contribution >= 4 is 7.82 Å². The molecule has 8 heteroatoms. The topological polar surface area (TPSA) is 105 Å². The lowest BCUT2D eigenvalue weighted by Gasteiger charge is -2.17. The molecule has 0 saturated carbocycles. The largest absolute Gasteiger partial charge is 0.481 e. The summed E-state index contributed by atoms with van der Waals surface area (Å²) in [4.78, 5) is 16.8. The van der Waals surface area contributed by atoms with Crippen LogP contribution in [0.3, 0.4) is 0 Å². The molecule has 0 heterocycles. The molecule has 84 valence electrons. The van der Waals surface area contributed by atoms with E-state index in [1.54, 1.807) is 0 Å². The molecule has 0 aliphatic rings. The van der Waals surface area contributed by atoms with Crippen molar-refractivity contribution in [1.82, 2.24) is 0 Å². The second kappa shape index (κ2) is 6.00. The molecule has 14 heavy (non-hydrogen) atoms. The average molecular weight is 228 g/mol. The van der Waals surface area contributed by atoms with E-state index in [9.17, 15) is 4.57 Å². The Hall–Kier alpha value is -0.590. The Bertz CT molecular complexity index is 222. The lowest BCUT2D eigenvalue weighted by atomic mass is 10.4. The SMILES string of the molecule is C=C(O)O[C@H](COC)COP(=O)(O)O. The van der Waals surface area contributed by atoms with Crippen molar-refractivity contribution < 1.29 is 33.5 Å². The van der Waals surface area contributed by atoms with E-state index >= 15 is 0 Å². The third-order valence-electron chi connectivity index (χ3n) is 1.08. The molecule has 0 fully saturated rings. The fourth-order valence-electron chi connectivity index (χ4n) is 0.675. The molecule has 0 aliphatic heterocycles. The molecule has 0 aromatic rings. The molecule has 0 rings (SSSR count). The Labute approximate surface area is 81.1 Å².